The van der Waals surface area contributed by atoms with Crippen LogP contribution in [-0.2, 0) is 9.53 Å². The predicted molar refractivity (Wildman–Crippen MR) is 69.4 cm³/mol. The number of carbonyl (C=O) groups excluding carboxylic acids is 2. The number of ketones is 1. The number of alkyl halides is 1. The molecule has 4 nitrogen and oxygen atoms in total. The van der Waals surface area contributed by atoms with Gasteiger partial charge in [0.05, 0.1) is 5.33 Å². The molecule has 98 valence electrons. The fourth-order valence-electron chi connectivity index (χ4n) is 2.08. The molecule has 0 spiro atoms. The summed E-state index contributed by atoms with van der Waals surface area (Å²) in [6, 6.07) is 0. The topological polar surface area (TPSA) is 55.4 Å². The molecule has 1 aliphatic rings. The van der Waals surface area contributed by atoms with Crippen molar-refractivity contribution in [2.45, 2.75) is 57.6 Å². The van der Waals surface area contributed by atoms with E-state index >= 15 is 0 Å². The Morgan fingerprint density at radius 1 is 1.29 bits per heavy atom. The molecule has 0 aromatic carbocycles. The number of hydrogen-bond donors (Lipinski definition) is 1. The molecule has 1 fully saturated rings. The number of rotatable bonds is 3. The quantitative estimate of drug-likeness (QED) is 0.816. The molecule has 1 saturated carbocycles. The lowest BCUT2D eigenvalue weighted by molar-refractivity contribution is -0.122. The summed E-state index contributed by atoms with van der Waals surface area (Å²) >= 11 is 3.17. The van der Waals surface area contributed by atoms with E-state index in [4.69, 9.17) is 4.74 Å². The number of Topliss-reactive ketones (excluding diaryl/α,β-unsaturated/α-hetero) is 1. The van der Waals surface area contributed by atoms with Gasteiger partial charge in [0.25, 0.3) is 0 Å². The Kier molecular flexibility index (Phi) is 4.58. The van der Waals surface area contributed by atoms with Gasteiger partial charge in [-0.05, 0) is 33.6 Å². The van der Waals surface area contributed by atoms with Crippen LogP contribution in [0.5, 0.6) is 0 Å². The van der Waals surface area contributed by atoms with Crippen LogP contribution in [0.1, 0.15) is 46.5 Å². The number of amides is 1. The molecule has 0 radical (unpaired) electrons. The van der Waals surface area contributed by atoms with Crippen molar-refractivity contribution in [2.24, 2.45) is 0 Å². The van der Waals surface area contributed by atoms with Crippen LogP contribution >= 0.6 is 15.9 Å². The van der Waals surface area contributed by atoms with Gasteiger partial charge in [-0.3, -0.25) is 4.79 Å². The van der Waals surface area contributed by atoms with Gasteiger partial charge in [-0.2, -0.15) is 0 Å². The maximum absolute atomic E-state index is 11.9. The second kappa shape index (κ2) is 5.38. The Bertz CT molecular complexity index is 303. The first kappa shape index (κ1) is 14.5. The summed E-state index contributed by atoms with van der Waals surface area (Å²) in [6.45, 7) is 5.42. The molecule has 1 aliphatic carbocycles. The van der Waals surface area contributed by atoms with E-state index in [1.54, 1.807) is 20.8 Å². The molecule has 0 atom stereocenters. The number of hydrogen-bond acceptors (Lipinski definition) is 3. The standard InChI is InChI=1S/C12H20BrNO3/c1-11(2,3)17-10(16)14-12(9(15)8-13)6-4-5-7-12/h4-8H2,1-3H3,(H,14,16). The van der Waals surface area contributed by atoms with E-state index in [1.807, 2.05) is 0 Å². The van der Waals surface area contributed by atoms with E-state index in [9.17, 15) is 9.59 Å². The van der Waals surface area contributed by atoms with Gasteiger partial charge in [0.1, 0.15) is 11.1 Å². The van der Waals surface area contributed by atoms with Gasteiger partial charge in [-0.15, -0.1) is 0 Å². The van der Waals surface area contributed by atoms with E-state index in [1.165, 1.54) is 0 Å². The molecular formula is C12H20BrNO3. The molecule has 0 bridgehead atoms. The Hall–Kier alpha value is -0.580. The minimum absolute atomic E-state index is 0.0286. The number of alkyl carbamates (subject to hydrolysis) is 1. The van der Waals surface area contributed by atoms with Crippen LogP contribution in [-0.4, -0.2) is 28.3 Å². The summed E-state index contributed by atoms with van der Waals surface area (Å²) in [7, 11) is 0. The average Bonchev–Trinajstić information content (AvgIpc) is 2.63. The molecule has 0 unspecified atom stereocenters. The highest BCUT2D eigenvalue weighted by molar-refractivity contribution is 9.09. The van der Waals surface area contributed by atoms with Gasteiger partial charge in [0.15, 0.2) is 5.78 Å². The predicted octanol–water partition coefficient (Wildman–Crippen LogP) is 2.79. The summed E-state index contributed by atoms with van der Waals surface area (Å²) in [5.41, 5.74) is -1.26. The van der Waals surface area contributed by atoms with Gasteiger partial charge in [-0.25, -0.2) is 4.79 Å². The third-order valence-corrected chi connectivity index (χ3v) is 3.36. The molecule has 5 heteroatoms. The maximum atomic E-state index is 11.9. The normalized spacial score (nSPS) is 18.8. The van der Waals surface area contributed by atoms with E-state index in [0.29, 0.717) is 12.8 Å². The van der Waals surface area contributed by atoms with Gasteiger partial charge < -0.3 is 10.1 Å². The third-order valence-electron chi connectivity index (χ3n) is 2.85. The molecule has 1 amide bonds. The SMILES string of the molecule is CC(C)(C)OC(=O)NC1(C(=O)CBr)CCCC1. The zero-order valence-electron chi connectivity index (χ0n) is 10.6. The van der Waals surface area contributed by atoms with Crippen molar-refractivity contribution in [1.82, 2.24) is 5.32 Å². The summed E-state index contributed by atoms with van der Waals surface area (Å²) in [5, 5.41) is 3.03. The van der Waals surface area contributed by atoms with Crippen molar-refractivity contribution in [3.63, 3.8) is 0 Å². The minimum Gasteiger partial charge on any atom is -0.444 e. The number of nitrogens with one attached hydrogen (secondary N) is 1. The number of carbonyl (C=O) groups is 2. The van der Waals surface area contributed by atoms with Gasteiger partial charge >= 0.3 is 6.09 Å². The summed E-state index contributed by atoms with van der Waals surface area (Å²) in [4.78, 5) is 23.7. The molecule has 1 rings (SSSR count). The molecule has 0 heterocycles. The minimum atomic E-state index is -0.716. The van der Waals surface area contributed by atoms with E-state index < -0.39 is 17.2 Å². The van der Waals surface area contributed by atoms with Crippen molar-refractivity contribution >= 4 is 27.8 Å². The first-order chi connectivity index (χ1) is 7.79. The lowest BCUT2D eigenvalue weighted by Gasteiger charge is -2.29. The Balaban J connectivity index is 2.68. The molecule has 0 saturated heterocycles. The Morgan fingerprint density at radius 2 is 1.82 bits per heavy atom. The molecule has 1 N–H and O–H groups in total. The smallest absolute Gasteiger partial charge is 0.408 e. The highest BCUT2D eigenvalue weighted by atomic mass is 79.9. The Labute approximate surface area is 111 Å². The second-order valence-electron chi connectivity index (χ2n) is 5.47. The monoisotopic (exact) mass is 305 g/mol. The number of ether oxygens (including phenoxy) is 1. The molecule has 17 heavy (non-hydrogen) atoms. The third kappa shape index (κ3) is 3.98. The van der Waals surface area contributed by atoms with Crippen LogP contribution in [0.2, 0.25) is 0 Å². The zero-order chi connectivity index (χ0) is 13.1. The average molecular weight is 306 g/mol. The van der Waals surface area contributed by atoms with Crippen LogP contribution in [0.3, 0.4) is 0 Å². The summed E-state index contributed by atoms with van der Waals surface area (Å²) < 4.78 is 5.20. The maximum Gasteiger partial charge on any atom is 0.408 e. The van der Waals surface area contributed by atoms with Crippen LogP contribution in [0.15, 0.2) is 0 Å². The summed E-state index contributed by atoms with van der Waals surface area (Å²) in [6.07, 6.45) is 2.84. The number of halogens is 1. The van der Waals surface area contributed by atoms with Crippen molar-refractivity contribution < 1.29 is 14.3 Å². The Morgan fingerprint density at radius 3 is 2.24 bits per heavy atom. The van der Waals surface area contributed by atoms with Crippen LogP contribution in [0.4, 0.5) is 4.79 Å². The van der Waals surface area contributed by atoms with E-state index in [2.05, 4.69) is 21.2 Å². The van der Waals surface area contributed by atoms with Crippen LogP contribution in [0, 0.1) is 0 Å². The highest BCUT2D eigenvalue weighted by Crippen LogP contribution is 2.31. The molecular weight excluding hydrogens is 286 g/mol. The zero-order valence-corrected chi connectivity index (χ0v) is 12.2. The first-order valence-corrected chi connectivity index (χ1v) is 7.02. The van der Waals surface area contributed by atoms with Crippen molar-refractivity contribution in [3.05, 3.63) is 0 Å². The highest BCUT2D eigenvalue weighted by Gasteiger charge is 2.42. The second-order valence-corrected chi connectivity index (χ2v) is 6.03. The fourth-order valence-corrected chi connectivity index (χ4v) is 2.62. The van der Waals surface area contributed by atoms with Gasteiger partial charge in [0.2, 0.25) is 0 Å². The van der Waals surface area contributed by atoms with E-state index in [0.717, 1.165) is 12.8 Å². The molecule has 0 aromatic heterocycles. The van der Waals surface area contributed by atoms with Crippen molar-refractivity contribution in [1.29, 1.82) is 0 Å². The van der Waals surface area contributed by atoms with E-state index in [-0.39, 0.29) is 11.1 Å². The molecule has 0 aliphatic heterocycles. The van der Waals surface area contributed by atoms with Crippen molar-refractivity contribution in [2.75, 3.05) is 5.33 Å². The first-order valence-electron chi connectivity index (χ1n) is 5.89. The fraction of sp³-hybridized carbons (Fsp3) is 0.833. The molecule has 0 aromatic rings. The lowest BCUT2D eigenvalue weighted by atomic mass is 9.93. The van der Waals surface area contributed by atoms with Gasteiger partial charge in [-0.1, -0.05) is 28.8 Å². The van der Waals surface area contributed by atoms with Gasteiger partial charge in [0, 0.05) is 0 Å². The van der Waals surface area contributed by atoms with Crippen molar-refractivity contribution in [3.8, 4) is 0 Å². The largest absolute Gasteiger partial charge is 0.444 e. The van der Waals surface area contributed by atoms with Crippen LogP contribution in [0.25, 0.3) is 0 Å². The van der Waals surface area contributed by atoms with Crippen LogP contribution < -0.4 is 5.32 Å². The lowest BCUT2D eigenvalue weighted by Crippen LogP contribution is -2.54. The summed E-state index contributed by atoms with van der Waals surface area (Å²) in [5.74, 6) is 0.0286.